The van der Waals surface area contributed by atoms with Gasteiger partial charge in [-0.2, -0.15) is 0 Å². The lowest BCUT2D eigenvalue weighted by Gasteiger charge is -2.29. The Labute approximate surface area is 259 Å². The lowest BCUT2D eigenvalue weighted by Crippen LogP contribution is -2.29. The van der Waals surface area contributed by atoms with E-state index < -0.39 is 31.1 Å². The van der Waals surface area contributed by atoms with Crippen molar-refractivity contribution in [3.8, 4) is 11.5 Å². The SMILES string of the molecule is CCOC(=O)C(C)P(=O)(OCC)OCC.Cc1oc(-c2ccc(F)cc2)nc1COC1CCCC(OCCC(C)C(=O)O)C1. The van der Waals surface area contributed by atoms with E-state index in [1.807, 2.05) is 6.92 Å². The summed E-state index contributed by atoms with van der Waals surface area (Å²) in [5, 5.41) is 8.94. The van der Waals surface area contributed by atoms with Crippen LogP contribution < -0.4 is 0 Å². The second-order valence-electron chi connectivity index (χ2n) is 10.5. The van der Waals surface area contributed by atoms with E-state index in [1.165, 1.54) is 19.1 Å². The minimum Gasteiger partial charge on any atom is -0.481 e. The number of nitrogens with zero attached hydrogens (tertiary/aromatic N) is 1. The Morgan fingerprint density at radius 3 is 2.23 bits per heavy atom. The molecule has 1 aromatic carbocycles. The quantitative estimate of drug-likeness (QED) is 0.150. The number of hydrogen-bond acceptors (Lipinski definition) is 10. The Balaban J connectivity index is 0.000000382. The minimum absolute atomic E-state index is 0.0796. The summed E-state index contributed by atoms with van der Waals surface area (Å²) in [4.78, 5) is 26.8. The number of rotatable bonds is 16. The van der Waals surface area contributed by atoms with Crippen molar-refractivity contribution in [3.05, 3.63) is 41.5 Å². The predicted molar refractivity (Wildman–Crippen MR) is 162 cm³/mol. The second kappa shape index (κ2) is 19.0. The van der Waals surface area contributed by atoms with Gasteiger partial charge in [0, 0.05) is 12.2 Å². The average molecular weight is 644 g/mol. The van der Waals surface area contributed by atoms with E-state index in [0.29, 0.717) is 31.3 Å². The van der Waals surface area contributed by atoms with Crippen LogP contribution in [0.1, 0.15) is 78.2 Å². The Morgan fingerprint density at radius 1 is 1.05 bits per heavy atom. The molecule has 0 radical (unpaired) electrons. The maximum atomic E-state index is 13.1. The molecule has 0 saturated heterocycles. The number of oxazole rings is 1. The fourth-order valence-electron chi connectivity index (χ4n) is 4.43. The van der Waals surface area contributed by atoms with Gasteiger partial charge in [0.05, 0.1) is 44.6 Å². The summed E-state index contributed by atoms with van der Waals surface area (Å²) in [5.41, 5.74) is 0.586. The van der Waals surface area contributed by atoms with Crippen molar-refractivity contribution >= 4 is 19.5 Å². The van der Waals surface area contributed by atoms with Gasteiger partial charge in [-0.25, -0.2) is 9.37 Å². The number of carboxylic acids is 1. The van der Waals surface area contributed by atoms with Crippen molar-refractivity contribution in [3.63, 3.8) is 0 Å². The van der Waals surface area contributed by atoms with Gasteiger partial charge in [-0.3, -0.25) is 14.2 Å². The van der Waals surface area contributed by atoms with Gasteiger partial charge < -0.3 is 32.8 Å². The van der Waals surface area contributed by atoms with Crippen LogP contribution in [0.15, 0.2) is 28.7 Å². The van der Waals surface area contributed by atoms with Crippen molar-refractivity contribution in [2.45, 2.75) is 98.1 Å². The molecule has 4 unspecified atom stereocenters. The third kappa shape index (κ3) is 12.0. The van der Waals surface area contributed by atoms with Crippen LogP contribution in [0.3, 0.4) is 0 Å². The number of hydrogen-bond donors (Lipinski definition) is 1. The number of benzene rings is 1. The van der Waals surface area contributed by atoms with Crippen molar-refractivity contribution in [2.24, 2.45) is 5.92 Å². The Morgan fingerprint density at radius 2 is 1.66 bits per heavy atom. The van der Waals surface area contributed by atoms with E-state index in [2.05, 4.69) is 4.98 Å². The summed E-state index contributed by atoms with van der Waals surface area (Å²) < 4.78 is 57.6. The third-order valence-electron chi connectivity index (χ3n) is 7.06. The Bertz CT molecular complexity index is 1190. The largest absolute Gasteiger partial charge is 0.481 e. The molecular weight excluding hydrogens is 596 g/mol. The van der Waals surface area contributed by atoms with Crippen LogP contribution in [0.25, 0.3) is 11.5 Å². The summed E-state index contributed by atoms with van der Waals surface area (Å²) in [5.74, 6) is -0.888. The molecule has 248 valence electrons. The first-order valence-electron chi connectivity index (χ1n) is 15.2. The van der Waals surface area contributed by atoms with Crippen LogP contribution >= 0.6 is 7.60 Å². The summed E-state index contributed by atoms with van der Waals surface area (Å²) in [6.45, 7) is 11.6. The standard InChI is InChI=1S/C22H28FNO5.C9H19O5P/c1-14(22(25)26)10-11-27-18-4-3-5-19(12-18)28-13-20-15(2)29-21(24-20)16-6-8-17(23)9-7-16;1-5-12-9(10)8(4)15(11,13-6-2)14-7-3/h6-9,14,18-19H,3-5,10-13H2,1-2H3,(H,25,26);8H,5-7H2,1-4H3. The van der Waals surface area contributed by atoms with Crippen LogP contribution in [0.4, 0.5) is 4.39 Å². The minimum atomic E-state index is -3.37. The molecular formula is C31H47FNO10P. The number of carboxylic acid groups (broad SMARTS) is 1. The van der Waals surface area contributed by atoms with Crippen LogP contribution in [0.2, 0.25) is 0 Å². The van der Waals surface area contributed by atoms with Crippen molar-refractivity contribution in [1.29, 1.82) is 0 Å². The van der Waals surface area contributed by atoms with E-state index in [4.69, 9.17) is 32.8 Å². The van der Waals surface area contributed by atoms with E-state index in [0.717, 1.165) is 36.9 Å². The first-order valence-corrected chi connectivity index (χ1v) is 16.8. The normalized spacial score (nSPS) is 18.2. The van der Waals surface area contributed by atoms with Crippen molar-refractivity contribution in [1.82, 2.24) is 4.98 Å². The van der Waals surface area contributed by atoms with Gasteiger partial charge >= 0.3 is 19.5 Å². The number of carbonyl (C=O) groups excluding carboxylic acids is 1. The van der Waals surface area contributed by atoms with Crippen LogP contribution in [-0.2, 0) is 44.0 Å². The molecule has 0 bridgehead atoms. The molecule has 44 heavy (non-hydrogen) atoms. The molecule has 13 heteroatoms. The van der Waals surface area contributed by atoms with Crippen LogP contribution in [0.5, 0.6) is 0 Å². The lowest BCUT2D eigenvalue weighted by molar-refractivity contribution is -0.143. The highest BCUT2D eigenvalue weighted by Crippen LogP contribution is 2.53. The highest BCUT2D eigenvalue weighted by atomic mass is 31.2. The van der Waals surface area contributed by atoms with Crippen LogP contribution in [0, 0.1) is 18.7 Å². The summed E-state index contributed by atoms with van der Waals surface area (Å²) in [7, 11) is -3.37. The monoisotopic (exact) mass is 643 g/mol. The number of ether oxygens (including phenoxy) is 3. The first kappa shape index (κ1) is 37.6. The predicted octanol–water partition coefficient (Wildman–Crippen LogP) is 6.95. The molecule has 0 aliphatic heterocycles. The van der Waals surface area contributed by atoms with Crippen molar-refractivity contribution in [2.75, 3.05) is 26.4 Å². The summed E-state index contributed by atoms with van der Waals surface area (Å²) in [6, 6.07) is 6.04. The molecule has 1 aliphatic rings. The van der Waals surface area contributed by atoms with E-state index in [1.54, 1.807) is 39.8 Å². The molecule has 1 heterocycles. The molecule has 0 spiro atoms. The van der Waals surface area contributed by atoms with Gasteiger partial charge in [0.25, 0.3) is 0 Å². The number of halogens is 1. The zero-order valence-corrected chi connectivity index (χ0v) is 27.5. The zero-order chi connectivity index (χ0) is 32.7. The fourth-order valence-corrected chi connectivity index (χ4v) is 6.00. The van der Waals surface area contributed by atoms with E-state index in [9.17, 15) is 18.5 Å². The fraction of sp³-hybridized carbons (Fsp3) is 0.645. The molecule has 11 nitrogen and oxygen atoms in total. The lowest BCUT2D eigenvalue weighted by atomic mass is 9.94. The van der Waals surface area contributed by atoms with Gasteiger partial charge in [0.15, 0.2) is 5.66 Å². The number of carbonyl (C=O) groups is 2. The van der Waals surface area contributed by atoms with Gasteiger partial charge in [0.1, 0.15) is 17.3 Å². The molecule has 4 atom stereocenters. The van der Waals surface area contributed by atoms with Gasteiger partial charge in [-0.1, -0.05) is 6.92 Å². The maximum Gasteiger partial charge on any atom is 0.344 e. The summed E-state index contributed by atoms with van der Waals surface area (Å²) in [6.07, 6.45) is 4.44. The highest BCUT2D eigenvalue weighted by molar-refractivity contribution is 7.55. The van der Waals surface area contributed by atoms with E-state index in [-0.39, 0.29) is 37.8 Å². The number of esters is 1. The Hall–Kier alpha value is -2.63. The van der Waals surface area contributed by atoms with E-state index >= 15 is 0 Å². The molecule has 1 saturated carbocycles. The number of aliphatic carboxylic acids is 1. The molecule has 1 fully saturated rings. The summed E-state index contributed by atoms with van der Waals surface area (Å²) >= 11 is 0. The highest BCUT2D eigenvalue weighted by Gasteiger charge is 2.38. The van der Waals surface area contributed by atoms with Gasteiger partial charge in [0.2, 0.25) is 5.89 Å². The van der Waals surface area contributed by atoms with Crippen LogP contribution in [-0.4, -0.2) is 66.3 Å². The molecule has 1 aromatic heterocycles. The zero-order valence-electron chi connectivity index (χ0n) is 26.6. The Kier molecular flexibility index (Phi) is 16.2. The van der Waals surface area contributed by atoms with Gasteiger partial charge in [-0.05, 0) is 91.0 Å². The third-order valence-corrected chi connectivity index (χ3v) is 9.46. The maximum absolute atomic E-state index is 13.1. The first-order chi connectivity index (χ1) is 20.9. The average Bonchev–Trinajstić information content (AvgIpc) is 3.37. The molecule has 1 N–H and O–H groups in total. The molecule has 2 aromatic rings. The smallest absolute Gasteiger partial charge is 0.344 e. The molecule has 1 aliphatic carbocycles. The second-order valence-corrected chi connectivity index (χ2v) is 12.8. The van der Waals surface area contributed by atoms with Crippen molar-refractivity contribution < 1.29 is 51.3 Å². The topological polar surface area (TPSA) is 144 Å². The number of aromatic nitrogens is 1. The molecule has 3 rings (SSSR count). The number of aryl methyl sites for hydroxylation is 1. The molecule has 0 amide bonds. The van der Waals surface area contributed by atoms with Gasteiger partial charge in [-0.15, -0.1) is 0 Å².